The molecule has 0 aliphatic heterocycles. The molecule has 8 heteroatoms. The predicted molar refractivity (Wildman–Crippen MR) is 90.0 cm³/mol. The first-order valence-corrected chi connectivity index (χ1v) is 8.02. The van der Waals surface area contributed by atoms with Gasteiger partial charge in [-0.1, -0.05) is 41.7 Å². The molecule has 7 nitrogen and oxygen atoms in total. The van der Waals surface area contributed by atoms with Crippen molar-refractivity contribution in [2.75, 3.05) is 0 Å². The van der Waals surface area contributed by atoms with Crippen LogP contribution in [0.3, 0.4) is 0 Å². The van der Waals surface area contributed by atoms with E-state index in [0.29, 0.717) is 11.4 Å². The lowest BCUT2D eigenvalue weighted by atomic mass is 10.1. The molecular weight excluding hydrogens is 326 g/mol. The van der Waals surface area contributed by atoms with E-state index in [9.17, 15) is 10.1 Å². The maximum absolute atomic E-state index is 10.7. The molecule has 0 fully saturated rings. The van der Waals surface area contributed by atoms with E-state index in [2.05, 4.69) is 15.3 Å². The first-order chi connectivity index (χ1) is 11.7. The van der Waals surface area contributed by atoms with Gasteiger partial charge in [0.05, 0.1) is 4.92 Å². The second-order valence-corrected chi connectivity index (χ2v) is 6.14. The van der Waals surface area contributed by atoms with Crippen molar-refractivity contribution in [1.82, 2.24) is 19.8 Å². The number of non-ortho nitro benzene ring substituents is 1. The molecule has 0 aliphatic carbocycles. The minimum Gasteiger partial charge on any atom is -0.258 e. The number of aromatic nitrogens is 4. The van der Waals surface area contributed by atoms with Gasteiger partial charge in [-0.2, -0.15) is 9.61 Å². The van der Waals surface area contributed by atoms with Crippen LogP contribution in [0.25, 0.3) is 15.5 Å². The first-order valence-electron chi connectivity index (χ1n) is 7.20. The predicted octanol–water partition coefficient (Wildman–Crippen LogP) is 3.35. The molecule has 0 radical (unpaired) electrons. The minimum atomic E-state index is -0.416. The number of benzene rings is 2. The topological polar surface area (TPSA) is 86.2 Å². The Balaban J connectivity index is 1.67. The van der Waals surface area contributed by atoms with Gasteiger partial charge in [-0.05, 0) is 17.7 Å². The molecule has 4 aromatic rings. The van der Waals surface area contributed by atoms with Gasteiger partial charge in [-0.3, -0.25) is 10.1 Å². The van der Waals surface area contributed by atoms with Gasteiger partial charge >= 0.3 is 0 Å². The molecule has 0 spiro atoms. The molecule has 0 N–H and O–H groups in total. The Bertz CT molecular complexity index is 1010. The second kappa shape index (κ2) is 5.82. The normalized spacial score (nSPS) is 11.0. The van der Waals surface area contributed by atoms with Crippen molar-refractivity contribution in [2.24, 2.45) is 0 Å². The fourth-order valence-electron chi connectivity index (χ4n) is 2.39. The number of nitro benzene ring substituents is 1. The Kier molecular flexibility index (Phi) is 3.51. The van der Waals surface area contributed by atoms with Gasteiger partial charge in [0.1, 0.15) is 5.01 Å². The van der Waals surface area contributed by atoms with Crippen LogP contribution in [0.2, 0.25) is 0 Å². The molecule has 0 bridgehead atoms. The number of hydrogen-bond acceptors (Lipinski definition) is 6. The van der Waals surface area contributed by atoms with E-state index in [-0.39, 0.29) is 5.69 Å². The molecule has 2 aromatic carbocycles. The van der Waals surface area contributed by atoms with E-state index in [4.69, 9.17) is 0 Å². The molecule has 118 valence electrons. The Morgan fingerprint density at radius 2 is 1.79 bits per heavy atom. The monoisotopic (exact) mass is 337 g/mol. The zero-order valence-corrected chi connectivity index (χ0v) is 13.2. The summed E-state index contributed by atoms with van der Waals surface area (Å²) in [6, 6.07) is 16.3. The standard InChI is InChI=1S/C16H11N5O2S/c22-21(23)13-8-6-12(7-9-13)15-19-20-14(17-18-16(20)24-15)10-11-4-2-1-3-5-11/h1-9H,10H2. The molecule has 0 amide bonds. The summed E-state index contributed by atoms with van der Waals surface area (Å²) >= 11 is 1.40. The Hall–Kier alpha value is -3.13. The highest BCUT2D eigenvalue weighted by Crippen LogP contribution is 2.27. The average molecular weight is 337 g/mol. The van der Waals surface area contributed by atoms with Crippen molar-refractivity contribution in [2.45, 2.75) is 6.42 Å². The summed E-state index contributed by atoms with van der Waals surface area (Å²) in [6.07, 6.45) is 0.644. The summed E-state index contributed by atoms with van der Waals surface area (Å²) in [7, 11) is 0. The largest absolute Gasteiger partial charge is 0.269 e. The van der Waals surface area contributed by atoms with Gasteiger partial charge in [0.25, 0.3) is 5.69 Å². The minimum absolute atomic E-state index is 0.0616. The van der Waals surface area contributed by atoms with Crippen LogP contribution in [-0.4, -0.2) is 24.7 Å². The highest BCUT2D eigenvalue weighted by molar-refractivity contribution is 7.19. The third-order valence-electron chi connectivity index (χ3n) is 3.59. The summed E-state index contributed by atoms with van der Waals surface area (Å²) in [4.78, 5) is 11.0. The SMILES string of the molecule is O=[N+]([O-])c1ccc(-c2nn3c(Cc4ccccc4)nnc3s2)cc1. The van der Waals surface area contributed by atoms with E-state index >= 15 is 0 Å². The molecule has 2 aromatic heterocycles. The molecule has 24 heavy (non-hydrogen) atoms. The van der Waals surface area contributed by atoms with Crippen LogP contribution in [-0.2, 0) is 6.42 Å². The van der Waals surface area contributed by atoms with E-state index < -0.39 is 4.92 Å². The summed E-state index contributed by atoms with van der Waals surface area (Å²) in [6.45, 7) is 0. The molecule has 0 aliphatic rings. The Morgan fingerprint density at radius 1 is 1.04 bits per heavy atom. The van der Waals surface area contributed by atoms with Crippen molar-refractivity contribution < 1.29 is 4.92 Å². The second-order valence-electron chi connectivity index (χ2n) is 5.18. The van der Waals surface area contributed by atoms with Gasteiger partial charge in [-0.15, -0.1) is 10.2 Å². The average Bonchev–Trinajstić information content (AvgIpc) is 3.18. The maximum Gasteiger partial charge on any atom is 0.269 e. The Labute approximate surface area is 140 Å². The van der Waals surface area contributed by atoms with Crippen molar-refractivity contribution in [3.8, 4) is 10.6 Å². The van der Waals surface area contributed by atoms with E-state index in [1.807, 2.05) is 30.3 Å². The molecule has 0 atom stereocenters. The van der Waals surface area contributed by atoms with Crippen LogP contribution in [0.4, 0.5) is 5.69 Å². The number of fused-ring (bicyclic) bond motifs is 1. The van der Waals surface area contributed by atoms with Crippen molar-refractivity contribution >= 4 is 22.0 Å². The fourth-order valence-corrected chi connectivity index (χ4v) is 3.25. The van der Waals surface area contributed by atoms with Gasteiger partial charge in [-0.25, -0.2) is 0 Å². The van der Waals surface area contributed by atoms with E-state index in [0.717, 1.165) is 22.0 Å². The summed E-state index contributed by atoms with van der Waals surface area (Å²) in [5.41, 5.74) is 2.02. The van der Waals surface area contributed by atoms with Gasteiger partial charge < -0.3 is 0 Å². The summed E-state index contributed by atoms with van der Waals surface area (Å²) < 4.78 is 1.73. The van der Waals surface area contributed by atoms with Crippen LogP contribution in [0.5, 0.6) is 0 Å². The third-order valence-corrected chi connectivity index (χ3v) is 4.53. The molecule has 0 unspecified atom stereocenters. The first kappa shape index (κ1) is 14.5. The number of hydrogen-bond donors (Lipinski definition) is 0. The van der Waals surface area contributed by atoms with Crippen LogP contribution in [0.1, 0.15) is 11.4 Å². The molecule has 0 saturated heterocycles. The third kappa shape index (κ3) is 2.63. The van der Waals surface area contributed by atoms with Gasteiger partial charge in [0.15, 0.2) is 5.82 Å². The summed E-state index contributed by atoms with van der Waals surface area (Å²) in [5.74, 6) is 0.764. The van der Waals surface area contributed by atoms with Crippen molar-refractivity contribution in [1.29, 1.82) is 0 Å². The van der Waals surface area contributed by atoms with Crippen molar-refractivity contribution in [3.63, 3.8) is 0 Å². The van der Waals surface area contributed by atoms with Crippen LogP contribution in [0, 0.1) is 10.1 Å². The molecule has 4 rings (SSSR count). The fraction of sp³-hybridized carbons (Fsp3) is 0.0625. The van der Waals surface area contributed by atoms with Crippen molar-refractivity contribution in [3.05, 3.63) is 76.1 Å². The summed E-state index contributed by atoms with van der Waals surface area (Å²) in [5, 5.41) is 24.4. The lowest BCUT2D eigenvalue weighted by Gasteiger charge is -1.98. The smallest absolute Gasteiger partial charge is 0.258 e. The van der Waals surface area contributed by atoms with Crippen LogP contribution < -0.4 is 0 Å². The highest BCUT2D eigenvalue weighted by atomic mass is 32.1. The van der Waals surface area contributed by atoms with Crippen LogP contribution in [0.15, 0.2) is 54.6 Å². The van der Waals surface area contributed by atoms with E-state index in [1.54, 1.807) is 16.6 Å². The highest BCUT2D eigenvalue weighted by Gasteiger charge is 2.14. The molecular formula is C16H11N5O2S. The Morgan fingerprint density at radius 3 is 2.50 bits per heavy atom. The zero-order chi connectivity index (χ0) is 16.5. The lowest BCUT2D eigenvalue weighted by Crippen LogP contribution is -1.97. The van der Waals surface area contributed by atoms with Gasteiger partial charge in [0.2, 0.25) is 4.96 Å². The maximum atomic E-state index is 10.7. The quantitative estimate of drug-likeness (QED) is 0.421. The molecule has 0 saturated carbocycles. The zero-order valence-electron chi connectivity index (χ0n) is 12.4. The molecule has 2 heterocycles. The number of nitrogens with zero attached hydrogens (tertiary/aromatic N) is 5. The van der Waals surface area contributed by atoms with Crippen LogP contribution >= 0.6 is 11.3 Å². The number of nitro groups is 1. The lowest BCUT2D eigenvalue weighted by molar-refractivity contribution is -0.384. The van der Waals surface area contributed by atoms with E-state index in [1.165, 1.54) is 23.5 Å². The number of rotatable bonds is 4. The van der Waals surface area contributed by atoms with Gasteiger partial charge in [0, 0.05) is 24.1 Å².